The van der Waals surface area contributed by atoms with Gasteiger partial charge >= 0.3 is 0 Å². The van der Waals surface area contributed by atoms with Gasteiger partial charge in [-0.2, -0.15) is 11.8 Å². The predicted octanol–water partition coefficient (Wildman–Crippen LogP) is 2.37. The van der Waals surface area contributed by atoms with E-state index in [9.17, 15) is 13.6 Å². The number of halogens is 2. The number of hydrogen-bond donors (Lipinski definition) is 2. The number of carbonyl (C=O) groups is 1. The number of hydrogen-bond acceptors (Lipinski definition) is 3. The second-order valence-corrected chi connectivity index (χ2v) is 5.64. The van der Waals surface area contributed by atoms with Crippen LogP contribution in [0.3, 0.4) is 0 Å². The van der Waals surface area contributed by atoms with Crippen LogP contribution in [0.1, 0.15) is 13.8 Å². The Morgan fingerprint density at radius 3 is 2.61 bits per heavy atom. The highest BCUT2D eigenvalue weighted by molar-refractivity contribution is 8.00. The summed E-state index contributed by atoms with van der Waals surface area (Å²) in [5, 5.41) is 2.49. The van der Waals surface area contributed by atoms with Crippen LogP contribution in [0.15, 0.2) is 18.2 Å². The van der Waals surface area contributed by atoms with Gasteiger partial charge in [0.15, 0.2) is 11.6 Å². The van der Waals surface area contributed by atoms with Gasteiger partial charge < -0.3 is 11.1 Å². The number of carbonyl (C=O) groups excluding carboxylic acids is 1. The summed E-state index contributed by atoms with van der Waals surface area (Å²) >= 11 is 1.39. The van der Waals surface area contributed by atoms with Crippen LogP contribution < -0.4 is 11.1 Å². The van der Waals surface area contributed by atoms with E-state index in [1.165, 1.54) is 17.8 Å². The summed E-state index contributed by atoms with van der Waals surface area (Å²) in [7, 11) is 0. The summed E-state index contributed by atoms with van der Waals surface area (Å²) < 4.78 is 25.6. The Labute approximate surface area is 109 Å². The summed E-state index contributed by atoms with van der Waals surface area (Å²) in [6.45, 7) is 3.74. The Hall–Kier alpha value is -1.14. The van der Waals surface area contributed by atoms with Gasteiger partial charge in [0.1, 0.15) is 0 Å². The van der Waals surface area contributed by atoms with Gasteiger partial charge in [-0.3, -0.25) is 4.79 Å². The molecule has 0 aliphatic carbocycles. The highest BCUT2D eigenvalue weighted by Crippen LogP contribution is 2.14. The monoisotopic (exact) mass is 274 g/mol. The third-order valence-corrected chi connectivity index (χ3v) is 3.33. The standard InChI is InChI=1S/C12H16F2N2OS/c1-12(2,15)7-18-6-11(17)16-8-3-4-9(13)10(14)5-8/h3-5H,6-7,15H2,1-2H3,(H,16,17). The summed E-state index contributed by atoms with van der Waals surface area (Å²) in [5.41, 5.74) is 5.67. The zero-order chi connectivity index (χ0) is 13.8. The van der Waals surface area contributed by atoms with Crippen molar-refractivity contribution in [2.24, 2.45) is 5.73 Å². The maximum absolute atomic E-state index is 12.9. The van der Waals surface area contributed by atoms with Crippen molar-refractivity contribution in [2.75, 3.05) is 16.8 Å². The number of nitrogens with one attached hydrogen (secondary N) is 1. The Balaban J connectivity index is 2.42. The SMILES string of the molecule is CC(C)(N)CSCC(=O)Nc1ccc(F)c(F)c1. The first kappa shape index (κ1) is 14.9. The maximum Gasteiger partial charge on any atom is 0.234 e. The van der Waals surface area contributed by atoms with Crippen molar-refractivity contribution < 1.29 is 13.6 Å². The van der Waals surface area contributed by atoms with Gasteiger partial charge in [-0.15, -0.1) is 0 Å². The molecule has 3 N–H and O–H groups in total. The molecule has 0 radical (unpaired) electrons. The van der Waals surface area contributed by atoms with Crippen molar-refractivity contribution in [3.05, 3.63) is 29.8 Å². The highest BCUT2D eigenvalue weighted by Gasteiger charge is 2.12. The topological polar surface area (TPSA) is 55.1 Å². The summed E-state index contributed by atoms with van der Waals surface area (Å²) in [6.07, 6.45) is 0. The molecule has 100 valence electrons. The molecule has 0 spiro atoms. The first-order valence-electron chi connectivity index (χ1n) is 5.39. The van der Waals surface area contributed by atoms with Gasteiger partial charge in [-0.25, -0.2) is 8.78 Å². The molecule has 0 atom stereocenters. The second-order valence-electron chi connectivity index (χ2n) is 4.66. The molecule has 1 amide bonds. The van der Waals surface area contributed by atoms with Crippen molar-refractivity contribution in [1.82, 2.24) is 0 Å². The zero-order valence-corrected chi connectivity index (χ0v) is 11.1. The molecule has 0 aromatic heterocycles. The smallest absolute Gasteiger partial charge is 0.234 e. The van der Waals surface area contributed by atoms with Crippen LogP contribution in [0, 0.1) is 11.6 Å². The van der Waals surface area contributed by atoms with Crippen LogP contribution in [0.25, 0.3) is 0 Å². The lowest BCUT2D eigenvalue weighted by Gasteiger charge is -2.17. The molecule has 0 unspecified atom stereocenters. The largest absolute Gasteiger partial charge is 0.325 e. The molecular formula is C12H16F2N2OS. The van der Waals surface area contributed by atoms with Crippen LogP contribution in [-0.2, 0) is 4.79 Å². The lowest BCUT2D eigenvalue weighted by Crippen LogP contribution is -2.35. The fourth-order valence-electron chi connectivity index (χ4n) is 1.18. The first-order chi connectivity index (χ1) is 8.28. The second kappa shape index (κ2) is 6.15. The zero-order valence-electron chi connectivity index (χ0n) is 10.3. The fraction of sp³-hybridized carbons (Fsp3) is 0.417. The third kappa shape index (κ3) is 5.46. The van der Waals surface area contributed by atoms with Gasteiger partial charge in [-0.1, -0.05) is 0 Å². The van der Waals surface area contributed by atoms with Gasteiger partial charge in [0.2, 0.25) is 5.91 Å². The van der Waals surface area contributed by atoms with E-state index < -0.39 is 11.6 Å². The molecule has 18 heavy (non-hydrogen) atoms. The fourth-order valence-corrected chi connectivity index (χ4v) is 2.06. The Morgan fingerprint density at radius 2 is 2.06 bits per heavy atom. The summed E-state index contributed by atoms with van der Waals surface area (Å²) in [5.74, 6) is -1.33. The highest BCUT2D eigenvalue weighted by atomic mass is 32.2. The van der Waals surface area contributed by atoms with Gasteiger partial charge in [0.25, 0.3) is 0 Å². The quantitative estimate of drug-likeness (QED) is 0.866. The predicted molar refractivity (Wildman–Crippen MR) is 70.6 cm³/mol. The van der Waals surface area contributed by atoms with Crippen molar-refractivity contribution in [1.29, 1.82) is 0 Å². The van der Waals surface area contributed by atoms with Crippen molar-refractivity contribution >= 4 is 23.4 Å². The Morgan fingerprint density at radius 1 is 1.39 bits per heavy atom. The van der Waals surface area contributed by atoms with E-state index in [0.29, 0.717) is 5.75 Å². The number of rotatable bonds is 5. The first-order valence-corrected chi connectivity index (χ1v) is 6.55. The molecule has 0 fully saturated rings. The van der Waals surface area contributed by atoms with E-state index in [1.807, 2.05) is 13.8 Å². The molecule has 3 nitrogen and oxygen atoms in total. The molecule has 1 aromatic carbocycles. The van der Waals surface area contributed by atoms with Crippen LogP contribution >= 0.6 is 11.8 Å². The number of thioether (sulfide) groups is 1. The van der Waals surface area contributed by atoms with Crippen molar-refractivity contribution in [3.8, 4) is 0 Å². The molecule has 1 aromatic rings. The van der Waals surface area contributed by atoms with Gasteiger partial charge in [0, 0.05) is 23.0 Å². The Kier molecular flexibility index (Phi) is 5.10. The molecule has 6 heteroatoms. The lowest BCUT2D eigenvalue weighted by molar-refractivity contribution is -0.113. The minimum atomic E-state index is -0.983. The van der Waals surface area contributed by atoms with Crippen LogP contribution in [0.5, 0.6) is 0 Å². The van der Waals surface area contributed by atoms with Gasteiger partial charge in [0.05, 0.1) is 5.75 Å². The molecule has 0 saturated carbocycles. The number of amides is 1. The number of nitrogens with two attached hydrogens (primary N) is 1. The van der Waals surface area contributed by atoms with E-state index in [0.717, 1.165) is 12.1 Å². The maximum atomic E-state index is 12.9. The average molecular weight is 274 g/mol. The lowest BCUT2D eigenvalue weighted by atomic mass is 10.1. The molecule has 0 bridgehead atoms. The number of benzene rings is 1. The van der Waals surface area contributed by atoms with E-state index in [1.54, 1.807) is 0 Å². The molecule has 1 rings (SSSR count). The molecule has 0 heterocycles. The van der Waals surface area contributed by atoms with Crippen LogP contribution in [0.4, 0.5) is 14.5 Å². The van der Waals surface area contributed by atoms with E-state index >= 15 is 0 Å². The normalized spacial score (nSPS) is 11.4. The van der Waals surface area contributed by atoms with E-state index in [2.05, 4.69) is 5.32 Å². The van der Waals surface area contributed by atoms with Crippen molar-refractivity contribution in [2.45, 2.75) is 19.4 Å². The number of anilines is 1. The molecular weight excluding hydrogens is 258 g/mol. The summed E-state index contributed by atoms with van der Waals surface area (Å²) in [4.78, 5) is 11.5. The van der Waals surface area contributed by atoms with E-state index in [4.69, 9.17) is 5.73 Å². The molecule has 0 aliphatic heterocycles. The average Bonchev–Trinajstić information content (AvgIpc) is 2.21. The molecule has 0 saturated heterocycles. The third-order valence-electron chi connectivity index (χ3n) is 1.91. The van der Waals surface area contributed by atoms with Crippen LogP contribution in [-0.4, -0.2) is 23.0 Å². The Bertz CT molecular complexity index is 433. The summed E-state index contributed by atoms with van der Waals surface area (Å²) in [6, 6.07) is 3.24. The molecule has 0 aliphatic rings. The van der Waals surface area contributed by atoms with E-state index in [-0.39, 0.29) is 22.9 Å². The minimum Gasteiger partial charge on any atom is -0.325 e. The van der Waals surface area contributed by atoms with Crippen molar-refractivity contribution in [3.63, 3.8) is 0 Å². The van der Waals surface area contributed by atoms with Crippen LogP contribution in [0.2, 0.25) is 0 Å². The van der Waals surface area contributed by atoms with Gasteiger partial charge in [-0.05, 0) is 26.0 Å². The minimum absolute atomic E-state index is 0.222.